The fourth-order valence-corrected chi connectivity index (χ4v) is 1.90. The maximum Gasteiger partial charge on any atom is 0.310 e. The number of hydrogen-bond donors (Lipinski definition) is 1. The van der Waals surface area contributed by atoms with E-state index in [0.717, 1.165) is 16.7 Å². The van der Waals surface area contributed by atoms with E-state index >= 15 is 0 Å². The Bertz CT molecular complexity index is 586. The number of anilines is 1. The normalized spacial score (nSPS) is 10.1. The molecule has 2 aromatic rings. The molecule has 1 N–H and O–H groups in total. The molecule has 0 aliphatic rings. The van der Waals surface area contributed by atoms with Crippen LogP contribution in [0.4, 0.5) is 5.69 Å². The molecule has 0 fully saturated rings. The quantitative estimate of drug-likeness (QED) is 0.863. The number of carbonyl (C=O) groups excluding carboxylic acids is 2. The Hall–Kier alpha value is -2.62. The molecular weight excluding hydrogens is 278 g/mol. The van der Waals surface area contributed by atoms with Crippen molar-refractivity contribution in [3.8, 4) is 0 Å². The van der Waals surface area contributed by atoms with Gasteiger partial charge in [-0.2, -0.15) is 0 Å². The van der Waals surface area contributed by atoms with Gasteiger partial charge in [-0.05, 0) is 31.5 Å². The Labute approximate surface area is 130 Å². The van der Waals surface area contributed by atoms with Gasteiger partial charge in [0.05, 0.1) is 6.42 Å². The molecule has 114 valence electrons. The van der Waals surface area contributed by atoms with E-state index in [4.69, 9.17) is 4.74 Å². The fourth-order valence-electron chi connectivity index (χ4n) is 1.90. The third-order valence-corrected chi connectivity index (χ3v) is 3.17. The molecule has 0 heterocycles. The van der Waals surface area contributed by atoms with Gasteiger partial charge in [0, 0.05) is 5.69 Å². The third-order valence-electron chi connectivity index (χ3n) is 3.17. The topological polar surface area (TPSA) is 55.4 Å². The molecule has 0 saturated heterocycles. The first-order valence-corrected chi connectivity index (χ1v) is 7.10. The summed E-state index contributed by atoms with van der Waals surface area (Å²) in [6, 6.07) is 15.0. The second-order valence-electron chi connectivity index (χ2n) is 5.24. The zero-order valence-corrected chi connectivity index (χ0v) is 12.8. The summed E-state index contributed by atoms with van der Waals surface area (Å²) in [5.74, 6) is -0.760. The first-order valence-electron chi connectivity index (χ1n) is 7.10. The third kappa shape index (κ3) is 5.05. The smallest absolute Gasteiger partial charge is 0.310 e. The van der Waals surface area contributed by atoms with Crippen LogP contribution in [-0.2, 0) is 20.7 Å². The van der Waals surface area contributed by atoms with Gasteiger partial charge in [-0.3, -0.25) is 9.59 Å². The van der Waals surface area contributed by atoms with E-state index in [-0.39, 0.29) is 18.9 Å². The van der Waals surface area contributed by atoms with Crippen LogP contribution in [0.5, 0.6) is 0 Å². The van der Waals surface area contributed by atoms with Gasteiger partial charge in [0.15, 0.2) is 6.61 Å². The number of nitrogens with one attached hydrogen (secondary N) is 1. The molecule has 2 rings (SSSR count). The number of benzene rings is 2. The molecule has 0 spiro atoms. The van der Waals surface area contributed by atoms with E-state index in [1.54, 1.807) is 12.1 Å². The van der Waals surface area contributed by atoms with E-state index in [2.05, 4.69) is 5.32 Å². The van der Waals surface area contributed by atoms with Crippen molar-refractivity contribution in [1.82, 2.24) is 0 Å². The molecular formula is C18H19NO3. The lowest BCUT2D eigenvalue weighted by molar-refractivity contribution is -0.146. The summed E-state index contributed by atoms with van der Waals surface area (Å²) >= 11 is 0. The van der Waals surface area contributed by atoms with E-state index in [0.29, 0.717) is 5.69 Å². The van der Waals surface area contributed by atoms with Gasteiger partial charge >= 0.3 is 5.97 Å². The van der Waals surface area contributed by atoms with Gasteiger partial charge in [0.1, 0.15) is 0 Å². The maximum atomic E-state index is 11.7. The maximum absolute atomic E-state index is 11.7. The fraction of sp³-hybridized carbons (Fsp3) is 0.222. The number of rotatable bonds is 5. The summed E-state index contributed by atoms with van der Waals surface area (Å²) in [7, 11) is 0. The predicted octanol–water partition coefficient (Wildman–Crippen LogP) is 3.03. The van der Waals surface area contributed by atoms with Crippen LogP contribution in [0.1, 0.15) is 16.7 Å². The molecule has 22 heavy (non-hydrogen) atoms. The van der Waals surface area contributed by atoms with Crippen LogP contribution in [0, 0.1) is 13.8 Å². The number of amides is 1. The van der Waals surface area contributed by atoms with Crippen LogP contribution in [0.2, 0.25) is 0 Å². The zero-order valence-electron chi connectivity index (χ0n) is 12.8. The van der Waals surface area contributed by atoms with Crippen molar-refractivity contribution >= 4 is 17.6 Å². The summed E-state index contributed by atoms with van der Waals surface area (Å²) in [6.07, 6.45) is 0.165. The highest BCUT2D eigenvalue weighted by atomic mass is 16.5. The molecule has 0 unspecified atom stereocenters. The van der Waals surface area contributed by atoms with Crippen molar-refractivity contribution in [1.29, 1.82) is 0 Å². The average Bonchev–Trinajstić information content (AvgIpc) is 2.50. The minimum Gasteiger partial charge on any atom is -0.455 e. The monoisotopic (exact) mass is 297 g/mol. The zero-order chi connectivity index (χ0) is 15.9. The number of aryl methyl sites for hydroxylation is 2. The van der Waals surface area contributed by atoms with Gasteiger partial charge in [-0.25, -0.2) is 0 Å². The summed E-state index contributed by atoms with van der Waals surface area (Å²) in [6.45, 7) is 3.68. The van der Waals surface area contributed by atoms with Crippen LogP contribution in [0.25, 0.3) is 0 Å². The van der Waals surface area contributed by atoms with Crippen molar-refractivity contribution in [3.05, 3.63) is 65.2 Å². The lowest BCUT2D eigenvalue weighted by atomic mass is 10.1. The van der Waals surface area contributed by atoms with E-state index in [9.17, 15) is 9.59 Å². The minimum atomic E-state index is -0.414. The highest BCUT2D eigenvalue weighted by Gasteiger charge is 2.08. The molecule has 0 aliphatic heterocycles. The van der Waals surface area contributed by atoms with Gasteiger partial charge in [-0.1, -0.05) is 47.5 Å². The molecule has 0 aliphatic carbocycles. The van der Waals surface area contributed by atoms with Crippen LogP contribution in [0.3, 0.4) is 0 Å². The number of esters is 1. The van der Waals surface area contributed by atoms with Crippen molar-refractivity contribution < 1.29 is 14.3 Å². The van der Waals surface area contributed by atoms with E-state index in [1.807, 2.05) is 50.2 Å². The summed E-state index contributed by atoms with van der Waals surface area (Å²) in [4.78, 5) is 23.4. The second kappa shape index (κ2) is 7.41. The van der Waals surface area contributed by atoms with Gasteiger partial charge < -0.3 is 10.1 Å². The van der Waals surface area contributed by atoms with Crippen molar-refractivity contribution in [2.45, 2.75) is 20.3 Å². The molecule has 2 aromatic carbocycles. The summed E-state index contributed by atoms with van der Waals surface area (Å²) < 4.78 is 4.98. The van der Waals surface area contributed by atoms with Crippen molar-refractivity contribution in [2.24, 2.45) is 0 Å². The molecule has 0 saturated carbocycles. The molecule has 1 amide bonds. The van der Waals surface area contributed by atoms with Gasteiger partial charge in [0.2, 0.25) is 0 Å². The first kappa shape index (κ1) is 15.8. The van der Waals surface area contributed by atoms with Gasteiger partial charge in [-0.15, -0.1) is 0 Å². The largest absolute Gasteiger partial charge is 0.455 e. The Morgan fingerprint density at radius 1 is 0.909 bits per heavy atom. The van der Waals surface area contributed by atoms with E-state index in [1.165, 1.54) is 0 Å². The lowest BCUT2D eigenvalue weighted by Crippen LogP contribution is -2.21. The standard InChI is InChI=1S/C18H19NO3/c1-13-3-7-15(8-4-13)11-18(21)22-12-17(20)19-16-9-5-14(2)6-10-16/h3-10H,11-12H2,1-2H3,(H,19,20). The first-order chi connectivity index (χ1) is 10.5. The van der Waals surface area contributed by atoms with Crippen molar-refractivity contribution in [3.63, 3.8) is 0 Å². The summed E-state index contributed by atoms with van der Waals surface area (Å²) in [5, 5.41) is 2.68. The predicted molar refractivity (Wildman–Crippen MR) is 85.7 cm³/mol. The Balaban J connectivity index is 1.76. The van der Waals surface area contributed by atoms with Crippen LogP contribution >= 0.6 is 0 Å². The van der Waals surface area contributed by atoms with Crippen LogP contribution in [0.15, 0.2) is 48.5 Å². The van der Waals surface area contributed by atoms with Crippen molar-refractivity contribution in [2.75, 3.05) is 11.9 Å². The Morgan fingerprint density at radius 2 is 1.45 bits per heavy atom. The second-order valence-corrected chi connectivity index (χ2v) is 5.24. The number of hydrogen-bond acceptors (Lipinski definition) is 3. The molecule has 4 heteroatoms. The molecule has 4 nitrogen and oxygen atoms in total. The van der Waals surface area contributed by atoms with Crippen LogP contribution < -0.4 is 5.32 Å². The Kier molecular flexibility index (Phi) is 5.31. The minimum absolute atomic E-state index is 0.165. The van der Waals surface area contributed by atoms with Crippen LogP contribution in [-0.4, -0.2) is 18.5 Å². The number of ether oxygens (including phenoxy) is 1. The van der Waals surface area contributed by atoms with E-state index < -0.39 is 5.97 Å². The molecule has 0 aromatic heterocycles. The highest BCUT2D eigenvalue weighted by molar-refractivity contribution is 5.92. The SMILES string of the molecule is Cc1ccc(CC(=O)OCC(=O)Nc2ccc(C)cc2)cc1. The number of carbonyl (C=O) groups is 2. The molecule has 0 atom stereocenters. The summed E-state index contributed by atoms with van der Waals surface area (Å²) in [5.41, 5.74) is 3.80. The lowest BCUT2D eigenvalue weighted by Gasteiger charge is -2.07. The molecule has 0 radical (unpaired) electrons. The Morgan fingerprint density at radius 3 is 2.05 bits per heavy atom. The molecule has 0 bridgehead atoms. The average molecular weight is 297 g/mol. The highest BCUT2D eigenvalue weighted by Crippen LogP contribution is 2.08. The van der Waals surface area contributed by atoms with Gasteiger partial charge in [0.25, 0.3) is 5.91 Å².